The fraction of sp³-hybridized carbons (Fsp3) is 0.739. The highest BCUT2D eigenvalue weighted by Crippen LogP contribution is 2.25. The van der Waals surface area contributed by atoms with Crippen molar-refractivity contribution in [2.75, 3.05) is 6.61 Å². The number of hydrogen-bond acceptors (Lipinski definition) is 2. The van der Waals surface area contributed by atoms with Gasteiger partial charge in [0.05, 0.1) is 6.61 Å². The minimum absolute atomic E-state index is 0.291. The lowest BCUT2D eigenvalue weighted by molar-refractivity contribution is 0.303. The van der Waals surface area contributed by atoms with Crippen molar-refractivity contribution in [2.24, 2.45) is 0 Å². The number of phenols is 1. The van der Waals surface area contributed by atoms with Crippen LogP contribution in [-0.2, 0) is 0 Å². The monoisotopic (exact) mass is 408 g/mol. The van der Waals surface area contributed by atoms with Crippen molar-refractivity contribution in [1.29, 1.82) is 0 Å². The number of phenolic OH excluding ortho intramolecular Hbond substituents is 1. The molecule has 0 amide bonds. The Morgan fingerprint density at radius 2 is 1.19 bits per heavy atom. The third kappa shape index (κ3) is 14.0. The first kappa shape index (κ1) is 24.3. The summed E-state index contributed by atoms with van der Waals surface area (Å²) in [5.41, 5.74) is 1.59. The minimum atomic E-state index is -0.923. The van der Waals surface area contributed by atoms with Crippen LogP contribution in [0.1, 0.15) is 57.8 Å². The lowest BCUT2D eigenvalue weighted by Gasteiger charge is -2.29. The molecule has 0 saturated carbocycles. The summed E-state index contributed by atoms with van der Waals surface area (Å²) < 4.78 is 5.69. The smallest absolute Gasteiger partial charge is 0.119 e. The highest BCUT2D eigenvalue weighted by Gasteiger charge is 2.27. The third-order valence-electron chi connectivity index (χ3n) is 5.11. The second-order valence-electron chi connectivity index (χ2n) is 10.2. The van der Waals surface area contributed by atoms with Crippen molar-refractivity contribution < 1.29 is 9.84 Å². The summed E-state index contributed by atoms with van der Waals surface area (Å²) in [5.74, 6) is 1.14. The zero-order valence-corrected chi connectivity index (χ0v) is 20.7. The first-order chi connectivity index (χ1) is 12.7. The third-order valence-corrected chi connectivity index (χ3v) is 14.9. The van der Waals surface area contributed by atoms with Crippen LogP contribution >= 0.6 is 0 Å². The van der Waals surface area contributed by atoms with Crippen LogP contribution in [-0.4, -0.2) is 27.9 Å². The van der Waals surface area contributed by atoms with E-state index in [9.17, 15) is 5.11 Å². The molecule has 0 spiro atoms. The second-order valence-corrected chi connectivity index (χ2v) is 21.5. The van der Waals surface area contributed by atoms with Gasteiger partial charge < -0.3 is 9.84 Å². The first-order valence-corrected chi connectivity index (χ1v) is 18.2. The van der Waals surface area contributed by atoms with Gasteiger partial charge in [-0.05, 0) is 30.7 Å². The number of benzene rings is 1. The van der Waals surface area contributed by atoms with Crippen LogP contribution in [0.2, 0.25) is 44.4 Å². The van der Waals surface area contributed by atoms with Gasteiger partial charge in [-0.2, -0.15) is 0 Å². The summed E-state index contributed by atoms with van der Waals surface area (Å²) in [5, 5.41) is 9.24. The Kier molecular flexibility index (Phi) is 11.4. The highest BCUT2D eigenvalue weighted by atomic mass is 28.4. The number of rotatable bonds is 15. The fourth-order valence-corrected chi connectivity index (χ4v) is 17.6. The molecule has 1 N–H and O–H groups in total. The molecule has 1 rings (SSSR count). The molecule has 0 heterocycles. The van der Waals surface area contributed by atoms with Crippen molar-refractivity contribution in [3.63, 3.8) is 0 Å². The molecule has 0 unspecified atom stereocenters. The second kappa shape index (κ2) is 12.7. The van der Waals surface area contributed by atoms with E-state index in [0.717, 1.165) is 18.8 Å². The van der Waals surface area contributed by atoms with Crippen molar-refractivity contribution in [3.8, 4) is 11.5 Å². The molecule has 0 atom stereocenters. The van der Waals surface area contributed by atoms with Crippen molar-refractivity contribution in [3.05, 3.63) is 24.3 Å². The van der Waals surface area contributed by atoms with Gasteiger partial charge in [0.2, 0.25) is 0 Å². The zero-order valence-electron chi connectivity index (χ0n) is 18.7. The highest BCUT2D eigenvalue weighted by molar-refractivity contribution is 6.94. The van der Waals surface area contributed by atoms with Gasteiger partial charge in [0, 0.05) is 16.1 Å². The summed E-state index contributed by atoms with van der Waals surface area (Å²) in [6.45, 7) is 13.6. The largest absolute Gasteiger partial charge is 0.508 e. The normalized spacial score (nSPS) is 12.3. The predicted octanol–water partition coefficient (Wildman–Crippen LogP) is 7.87. The van der Waals surface area contributed by atoms with Crippen LogP contribution in [0, 0.1) is 0 Å². The molecule has 0 aliphatic heterocycles. The standard InChI is InChI=1S/C23H44O2Si2/c1-26(2,3)21-27(4,5)20-14-12-10-8-6-7-9-11-13-19-25-23-17-15-22(24)16-18-23/h15-18,24H,6-14,19-21H2,1-5H3. The van der Waals surface area contributed by atoms with E-state index in [2.05, 4.69) is 32.7 Å². The van der Waals surface area contributed by atoms with Crippen LogP contribution in [0.15, 0.2) is 24.3 Å². The van der Waals surface area contributed by atoms with Gasteiger partial charge in [-0.25, -0.2) is 0 Å². The maximum Gasteiger partial charge on any atom is 0.119 e. The molecule has 0 saturated heterocycles. The zero-order chi connectivity index (χ0) is 20.2. The Bertz CT molecular complexity index is 492. The summed E-state index contributed by atoms with van der Waals surface area (Å²) in [7, 11) is -1.79. The average molecular weight is 409 g/mol. The number of ether oxygens (including phenoxy) is 1. The topological polar surface area (TPSA) is 29.5 Å². The van der Waals surface area contributed by atoms with Crippen molar-refractivity contribution >= 4 is 16.1 Å². The quantitative estimate of drug-likeness (QED) is 0.236. The Morgan fingerprint density at radius 3 is 1.70 bits per heavy atom. The lowest BCUT2D eigenvalue weighted by atomic mass is 10.1. The van der Waals surface area contributed by atoms with E-state index in [1.807, 2.05) is 12.1 Å². The Morgan fingerprint density at radius 1 is 0.704 bits per heavy atom. The molecule has 27 heavy (non-hydrogen) atoms. The molecule has 4 heteroatoms. The molecule has 2 nitrogen and oxygen atoms in total. The molecule has 0 aliphatic rings. The summed E-state index contributed by atoms with van der Waals surface area (Å²) in [4.78, 5) is 0. The van der Waals surface area contributed by atoms with E-state index in [1.165, 1.54) is 57.4 Å². The molecule has 1 aromatic rings. The Balaban J connectivity index is 1.88. The van der Waals surface area contributed by atoms with E-state index in [0.29, 0.717) is 5.75 Å². The summed E-state index contributed by atoms with van der Waals surface area (Å²) in [6.07, 6.45) is 12.2. The van der Waals surface area contributed by atoms with E-state index >= 15 is 0 Å². The van der Waals surface area contributed by atoms with Gasteiger partial charge in [-0.1, -0.05) is 95.8 Å². The Hall–Kier alpha value is -0.746. The molecule has 156 valence electrons. The maximum absolute atomic E-state index is 9.24. The molecule has 0 bridgehead atoms. The van der Waals surface area contributed by atoms with E-state index < -0.39 is 16.1 Å². The molecule has 0 aromatic heterocycles. The van der Waals surface area contributed by atoms with E-state index in [-0.39, 0.29) is 0 Å². The van der Waals surface area contributed by atoms with Gasteiger partial charge in [-0.3, -0.25) is 0 Å². The minimum Gasteiger partial charge on any atom is -0.508 e. The SMILES string of the molecule is C[Si](C)(C)C[Si](C)(C)CCCCCCCCCCCOc1ccc(O)cc1. The molecule has 0 aliphatic carbocycles. The Labute approximate surface area is 170 Å². The number of aromatic hydroxyl groups is 1. The maximum atomic E-state index is 9.24. The molecule has 0 radical (unpaired) electrons. The van der Waals surface area contributed by atoms with Crippen LogP contribution in [0.3, 0.4) is 0 Å². The van der Waals surface area contributed by atoms with Crippen LogP contribution < -0.4 is 4.74 Å². The predicted molar refractivity (Wildman–Crippen MR) is 126 cm³/mol. The molecule has 0 fully saturated rings. The molecule has 1 aromatic carbocycles. The number of unbranched alkanes of at least 4 members (excludes halogenated alkanes) is 8. The number of hydrogen-bond donors (Lipinski definition) is 1. The van der Waals surface area contributed by atoms with Crippen LogP contribution in [0.25, 0.3) is 0 Å². The van der Waals surface area contributed by atoms with Crippen LogP contribution in [0.5, 0.6) is 11.5 Å². The van der Waals surface area contributed by atoms with E-state index in [4.69, 9.17) is 4.74 Å². The fourth-order valence-electron chi connectivity index (χ4n) is 4.20. The van der Waals surface area contributed by atoms with Gasteiger partial charge in [0.15, 0.2) is 0 Å². The molecular formula is C23H44O2Si2. The van der Waals surface area contributed by atoms with Gasteiger partial charge in [0.1, 0.15) is 11.5 Å². The average Bonchev–Trinajstić information content (AvgIpc) is 2.55. The lowest BCUT2D eigenvalue weighted by Crippen LogP contribution is -2.37. The van der Waals surface area contributed by atoms with Crippen molar-refractivity contribution in [2.45, 2.75) is 102 Å². The van der Waals surface area contributed by atoms with Gasteiger partial charge in [-0.15, -0.1) is 0 Å². The van der Waals surface area contributed by atoms with E-state index in [1.54, 1.807) is 17.8 Å². The van der Waals surface area contributed by atoms with Crippen LogP contribution in [0.4, 0.5) is 0 Å². The molecular weight excluding hydrogens is 364 g/mol. The van der Waals surface area contributed by atoms with Gasteiger partial charge in [0.25, 0.3) is 0 Å². The summed E-state index contributed by atoms with van der Waals surface area (Å²) >= 11 is 0. The van der Waals surface area contributed by atoms with Gasteiger partial charge >= 0.3 is 0 Å². The van der Waals surface area contributed by atoms with Crippen molar-refractivity contribution in [1.82, 2.24) is 0 Å². The first-order valence-electron chi connectivity index (χ1n) is 11.1. The summed E-state index contributed by atoms with van der Waals surface area (Å²) in [6, 6.07) is 8.53.